The van der Waals surface area contributed by atoms with E-state index in [0.29, 0.717) is 0 Å². The Labute approximate surface area is 283 Å². The number of ether oxygens (including phenoxy) is 2. The number of hydrogen-bond donors (Lipinski definition) is 2. The lowest BCUT2D eigenvalue weighted by Gasteiger charge is -2.36. The smallest absolute Gasteiger partial charge is 0.324 e. The average molecular weight is 649 g/mol. The number of esters is 2. The fourth-order valence-electron chi connectivity index (χ4n) is 7.43. The van der Waals surface area contributed by atoms with Crippen LogP contribution in [0, 0.1) is 33.1 Å². The van der Waals surface area contributed by atoms with E-state index >= 15 is 0 Å². The molecule has 0 heterocycles. The molecule has 0 aliphatic heterocycles. The summed E-state index contributed by atoms with van der Waals surface area (Å²) in [6.07, 6.45) is 9.06. The first-order valence-corrected chi connectivity index (χ1v) is 17.9. The van der Waals surface area contributed by atoms with Crippen LogP contribution in [0.4, 0.5) is 0 Å². The van der Waals surface area contributed by atoms with Crippen LogP contribution in [0.5, 0.6) is 11.5 Å². The van der Waals surface area contributed by atoms with Gasteiger partial charge in [0, 0.05) is 0 Å². The summed E-state index contributed by atoms with van der Waals surface area (Å²) in [7, 11) is 0. The Kier molecular flexibility index (Phi) is 11.1. The van der Waals surface area contributed by atoms with Crippen LogP contribution in [-0.4, -0.2) is 34.4 Å². The van der Waals surface area contributed by atoms with Gasteiger partial charge >= 0.3 is 11.9 Å². The predicted octanol–water partition coefficient (Wildman–Crippen LogP) is 9.45. The van der Waals surface area contributed by atoms with Gasteiger partial charge in [-0.05, 0) is 147 Å². The van der Waals surface area contributed by atoms with E-state index in [1.54, 1.807) is 0 Å². The van der Waals surface area contributed by atoms with Gasteiger partial charge in [-0.15, -0.1) is 0 Å². The molecule has 2 aromatic carbocycles. The highest BCUT2D eigenvalue weighted by Gasteiger charge is 2.51. The summed E-state index contributed by atoms with van der Waals surface area (Å²) in [4.78, 5) is 29.8. The number of aromatic hydroxyl groups is 2. The molecule has 2 aromatic rings. The van der Waals surface area contributed by atoms with Gasteiger partial charge in [0.1, 0.15) is 23.7 Å². The topological polar surface area (TPSA) is 93.1 Å². The molecule has 2 aliphatic carbocycles. The number of phenols is 2. The van der Waals surface area contributed by atoms with Gasteiger partial charge in [-0.2, -0.15) is 0 Å². The van der Waals surface area contributed by atoms with Gasteiger partial charge in [0.2, 0.25) is 0 Å². The summed E-state index contributed by atoms with van der Waals surface area (Å²) >= 11 is 0. The van der Waals surface area contributed by atoms with E-state index in [-0.39, 0.29) is 47.4 Å². The lowest BCUT2D eigenvalue weighted by Crippen LogP contribution is -2.48. The lowest BCUT2D eigenvalue weighted by atomic mass is 9.72. The molecule has 260 valence electrons. The highest BCUT2D eigenvalue weighted by Crippen LogP contribution is 2.43. The van der Waals surface area contributed by atoms with Crippen molar-refractivity contribution in [1.29, 1.82) is 0 Å². The van der Waals surface area contributed by atoms with Crippen molar-refractivity contribution in [2.24, 2.45) is 5.41 Å². The molecule has 0 aromatic heterocycles. The second-order valence-electron chi connectivity index (χ2n) is 16.6. The van der Waals surface area contributed by atoms with Crippen molar-refractivity contribution in [2.45, 2.75) is 169 Å². The predicted molar refractivity (Wildman–Crippen MR) is 188 cm³/mol. The molecule has 4 rings (SSSR count). The molecule has 2 N–H and O–H groups in total. The zero-order chi connectivity index (χ0) is 34.9. The Balaban J connectivity index is 1.96. The summed E-state index contributed by atoms with van der Waals surface area (Å²) < 4.78 is 12.7. The minimum Gasteiger partial charge on any atom is -0.507 e. The van der Waals surface area contributed by atoms with Gasteiger partial charge in [-0.25, -0.2) is 0 Å². The molecular weight excluding hydrogens is 588 g/mol. The normalized spacial score (nSPS) is 17.1. The standard InChI is InChI=1S/C41H60O6/c1-25-27(3)35(42)33(39(5,6)7)21-29(25)23-41(37(44)46-31-17-13-11-14-18-31,38(45)47-32-19-15-12-16-20-32)24-30-22-34(40(8,9)10)36(43)28(4)26(30)2/h21-22,31-32,42-43H,11-20,23-24H2,1-10H3. The van der Waals surface area contributed by atoms with Crippen LogP contribution in [0.15, 0.2) is 12.1 Å². The lowest BCUT2D eigenvalue weighted by molar-refractivity contribution is -0.180. The van der Waals surface area contributed by atoms with Crippen molar-refractivity contribution >= 4 is 11.9 Å². The summed E-state index contributed by atoms with van der Waals surface area (Å²) in [6.45, 7) is 20.0. The van der Waals surface area contributed by atoms with Crippen molar-refractivity contribution in [2.75, 3.05) is 0 Å². The van der Waals surface area contributed by atoms with E-state index in [4.69, 9.17) is 9.47 Å². The first kappa shape index (κ1) is 36.8. The SMILES string of the molecule is Cc1c(CC(Cc2cc(C(C)(C)C)c(O)c(C)c2C)(C(=O)OC2CCCCC2)C(=O)OC2CCCCC2)cc(C(C)(C)C)c(O)c1C. The Morgan fingerprint density at radius 1 is 0.596 bits per heavy atom. The van der Waals surface area contributed by atoms with Crippen molar-refractivity contribution in [3.8, 4) is 11.5 Å². The van der Waals surface area contributed by atoms with E-state index in [9.17, 15) is 19.8 Å². The molecular formula is C41H60O6. The molecule has 0 bridgehead atoms. The maximum absolute atomic E-state index is 14.9. The van der Waals surface area contributed by atoms with E-state index in [0.717, 1.165) is 109 Å². The third-order valence-corrected chi connectivity index (χ3v) is 11.0. The molecule has 47 heavy (non-hydrogen) atoms. The molecule has 0 saturated heterocycles. The molecule has 0 unspecified atom stereocenters. The van der Waals surface area contributed by atoms with Crippen LogP contribution in [-0.2, 0) is 42.7 Å². The second-order valence-corrected chi connectivity index (χ2v) is 16.6. The molecule has 2 aliphatic rings. The molecule has 0 amide bonds. The van der Waals surface area contributed by atoms with E-state index in [2.05, 4.69) is 41.5 Å². The van der Waals surface area contributed by atoms with Gasteiger partial charge in [-0.1, -0.05) is 66.5 Å². The molecule has 2 saturated carbocycles. The fraction of sp³-hybridized carbons (Fsp3) is 0.659. The highest BCUT2D eigenvalue weighted by atomic mass is 16.6. The summed E-state index contributed by atoms with van der Waals surface area (Å²) in [5, 5.41) is 22.4. The van der Waals surface area contributed by atoms with E-state index in [1.807, 2.05) is 39.8 Å². The number of phenolic OH excluding ortho intramolecular Hbond substituents is 2. The van der Waals surface area contributed by atoms with Crippen LogP contribution >= 0.6 is 0 Å². The largest absolute Gasteiger partial charge is 0.507 e. The Hall–Kier alpha value is -3.02. The van der Waals surface area contributed by atoms with Crippen LogP contribution in [0.1, 0.15) is 150 Å². The highest BCUT2D eigenvalue weighted by molar-refractivity contribution is 6.01. The van der Waals surface area contributed by atoms with Crippen LogP contribution in [0.2, 0.25) is 0 Å². The average Bonchev–Trinajstić information content (AvgIpc) is 3.00. The molecule has 0 spiro atoms. The minimum absolute atomic E-state index is 0.0877. The van der Waals surface area contributed by atoms with Gasteiger partial charge in [0.25, 0.3) is 0 Å². The zero-order valence-electron chi connectivity index (χ0n) is 30.8. The van der Waals surface area contributed by atoms with Gasteiger partial charge in [0.15, 0.2) is 5.41 Å². The number of carbonyl (C=O) groups is 2. The van der Waals surface area contributed by atoms with Crippen molar-refractivity contribution in [1.82, 2.24) is 0 Å². The number of hydrogen-bond acceptors (Lipinski definition) is 6. The van der Waals surface area contributed by atoms with E-state index in [1.165, 1.54) is 0 Å². The Bertz CT molecular complexity index is 1350. The third kappa shape index (κ3) is 8.00. The quantitative estimate of drug-likeness (QED) is 0.219. The maximum Gasteiger partial charge on any atom is 0.324 e. The van der Waals surface area contributed by atoms with Crippen molar-refractivity contribution < 1.29 is 29.3 Å². The van der Waals surface area contributed by atoms with Gasteiger partial charge in [-0.3, -0.25) is 9.59 Å². The third-order valence-electron chi connectivity index (χ3n) is 11.0. The van der Waals surface area contributed by atoms with Gasteiger partial charge < -0.3 is 19.7 Å². The summed E-state index contributed by atoms with van der Waals surface area (Å²) in [5.74, 6) is -0.567. The maximum atomic E-state index is 14.9. The molecule has 6 nitrogen and oxygen atoms in total. The molecule has 0 radical (unpaired) electrons. The van der Waals surface area contributed by atoms with Crippen molar-refractivity contribution in [3.05, 3.63) is 56.6 Å². The van der Waals surface area contributed by atoms with E-state index < -0.39 is 17.4 Å². The summed E-state index contributed by atoms with van der Waals surface area (Å²) in [6, 6.07) is 3.95. The number of rotatable bonds is 8. The number of benzene rings is 2. The zero-order valence-corrected chi connectivity index (χ0v) is 30.8. The monoisotopic (exact) mass is 648 g/mol. The first-order chi connectivity index (χ1) is 21.9. The summed E-state index contributed by atoms with van der Waals surface area (Å²) in [5.41, 5.74) is 4.01. The Morgan fingerprint density at radius 2 is 0.915 bits per heavy atom. The first-order valence-electron chi connectivity index (χ1n) is 17.9. The Morgan fingerprint density at radius 3 is 1.21 bits per heavy atom. The van der Waals surface area contributed by atoms with Crippen LogP contribution in [0.25, 0.3) is 0 Å². The van der Waals surface area contributed by atoms with Crippen molar-refractivity contribution in [3.63, 3.8) is 0 Å². The molecule has 6 heteroatoms. The molecule has 2 fully saturated rings. The fourth-order valence-corrected chi connectivity index (χ4v) is 7.43. The van der Waals surface area contributed by atoms with Crippen LogP contribution < -0.4 is 0 Å². The minimum atomic E-state index is -1.67. The van der Waals surface area contributed by atoms with Crippen LogP contribution in [0.3, 0.4) is 0 Å². The number of carbonyl (C=O) groups excluding carboxylic acids is 2. The second kappa shape index (κ2) is 14.2. The van der Waals surface area contributed by atoms with Gasteiger partial charge in [0.05, 0.1) is 0 Å². The molecule has 0 atom stereocenters.